The van der Waals surface area contributed by atoms with Crippen molar-refractivity contribution >= 4 is 45.9 Å². The predicted octanol–water partition coefficient (Wildman–Crippen LogP) is 4.80. The zero-order chi connectivity index (χ0) is 17.8. The van der Waals surface area contributed by atoms with Crippen molar-refractivity contribution in [1.82, 2.24) is 4.98 Å². The molecule has 1 N–H and O–H groups in total. The number of halogens is 1. The first-order chi connectivity index (χ1) is 12.0. The minimum Gasteiger partial charge on any atom is -0.325 e. The lowest BCUT2D eigenvalue weighted by atomic mass is 10.1. The zero-order valence-electron chi connectivity index (χ0n) is 13.4. The van der Waals surface area contributed by atoms with Crippen molar-refractivity contribution in [1.29, 1.82) is 5.26 Å². The average molecular weight is 368 g/mol. The number of benzene rings is 2. The number of nitriles is 1. The quantitative estimate of drug-likeness (QED) is 0.672. The first-order valence-electron chi connectivity index (χ1n) is 7.55. The number of aromatic nitrogens is 1. The summed E-state index contributed by atoms with van der Waals surface area (Å²) in [4.78, 5) is 16.7. The Labute approximate surface area is 154 Å². The van der Waals surface area contributed by atoms with E-state index in [9.17, 15) is 10.1 Å². The zero-order valence-corrected chi connectivity index (χ0v) is 15.0. The molecular weight excluding hydrogens is 354 g/mol. The number of aryl methyl sites for hydroxylation is 1. The third-order valence-electron chi connectivity index (χ3n) is 3.51. The van der Waals surface area contributed by atoms with Crippen LogP contribution in [0.25, 0.3) is 10.9 Å². The molecule has 0 aliphatic carbocycles. The van der Waals surface area contributed by atoms with Crippen molar-refractivity contribution in [3.63, 3.8) is 0 Å². The minimum absolute atomic E-state index is 0.158. The third-order valence-corrected chi connectivity index (χ3v) is 4.73. The molecule has 0 bridgehead atoms. The van der Waals surface area contributed by atoms with Crippen molar-refractivity contribution in [2.24, 2.45) is 0 Å². The molecule has 0 spiro atoms. The van der Waals surface area contributed by atoms with Crippen LogP contribution in [0.15, 0.2) is 53.6 Å². The number of nitrogens with one attached hydrogen (secondary N) is 1. The number of anilines is 1. The van der Waals surface area contributed by atoms with E-state index in [2.05, 4.69) is 16.4 Å². The minimum atomic E-state index is -0.178. The number of fused-ring (bicyclic) bond motifs is 1. The van der Waals surface area contributed by atoms with Gasteiger partial charge in [-0.1, -0.05) is 41.6 Å². The summed E-state index contributed by atoms with van der Waals surface area (Å²) in [7, 11) is 0. The second-order valence-electron chi connectivity index (χ2n) is 5.50. The Balaban J connectivity index is 1.75. The number of thioether (sulfide) groups is 1. The smallest absolute Gasteiger partial charge is 0.234 e. The van der Waals surface area contributed by atoms with Gasteiger partial charge in [0.15, 0.2) is 0 Å². The van der Waals surface area contributed by atoms with E-state index in [1.165, 1.54) is 11.8 Å². The molecule has 124 valence electrons. The average Bonchev–Trinajstić information content (AvgIpc) is 2.59. The highest BCUT2D eigenvalue weighted by Gasteiger charge is 2.11. The van der Waals surface area contributed by atoms with E-state index in [0.717, 1.165) is 16.5 Å². The molecule has 3 aromatic rings. The lowest BCUT2D eigenvalue weighted by molar-refractivity contribution is -0.113. The van der Waals surface area contributed by atoms with Crippen LogP contribution in [0.2, 0.25) is 5.02 Å². The molecule has 0 aliphatic rings. The number of nitrogens with zero attached hydrogens (tertiary/aromatic N) is 2. The molecular formula is C19H14ClN3OS. The molecule has 4 nitrogen and oxygen atoms in total. The molecule has 25 heavy (non-hydrogen) atoms. The number of carbonyl (C=O) groups is 1. The van der Waals surface area contributed by atoms with Gasteiger partial charge >= 0.3 is 0 Å². The van der Waals surface area contributed by atoms with Crippen LogP contribution in [0.5, 0.6) is 0 Å². The Morgan fingerprint density at radius 1 is 1.28 bits per heavy atom. The molecule has 0 radical (unpaired) electrons. The van der Waals surface area contributed by atoms with E-state index in [1.54, 1.807) is 30.3 Å². The Morgan fingerprint density at radius 2 is 2.12 bits per heavy atom. The van der Waals surface area contributed by atoms with Gasteiger partial charge in [0.05, 0.1) is 16.8 Å². The van der Waals surface area contributed by atoms with Crippen LogP contribution >= 0.6 is 23.4 Å². The van der Waals surface area contributed by atoms with E-state index < -0.39 is 0 Å². The van der Waals surface area contributed by atoms with Crippen molar-refractivity contribution in [3.8, 4) is 6.07 Å². The fourth-order valence-electron chi connectivity index (χ4n) is 2.35. The molecule has 0 unspecified atom stereocenters. The van der Waals surface area contributed by atoms with Crippen LogP contribution in [-0.4, -0.2) is 16.6 Å². The van der Waals surface area contributed by atoms with Crippen LogP contribution in [0.1, 0.15) is 11.1 Å². The summed E-state index contributed by atoms with van der Waals surface area (Å²) < 4.78 is 0. The summed E-state index contributed by atoms with van der Waals surface area (Å²) in [5.41, 5.74) is 3.02. The van der Waals surface area contributed by atoms with E-state index in [-0.39, 0.29) is 11.7 Å². The van der Waals surface area contributed by atoms with Gasteiger partial charge in [-0.05, 0) is 42.8 Å². The summed E-state index contributed by atoms with van der Waals surface area (Å²) in [6.07, 6.45) is 0. The van der Waals surface area contributed by atoms with Gasteiger partial charge in [0.1, 0.15) is 11.1 Å². The van der Waals surface area contributed by atoms with Gasteiger partial charge < -0.3 is 5.32 Å². The Morgan fingerprint density at radius 3 is 2.88 bits per heavy atom. The number of rotatable bonds is 4. The highest BCUT2D eigenvalue weighted by molar-refractivity contribution is 8.00. The highest BCUT2D eigenvalue weighted by Crippen LogP contribution is 2.25. The number of hydrogen-bond donors (Lipinski definition) is 1. The van der Waals surface area contributed by atoms with Gasteiger partial charge in [-0.2, -0.15) is 5.26 Å². The first kappa shape index (κ1) is 17.3. The van der Waals surface area contributed by atoms with E-state index in [0.29, 0.717) is 21.3 Å². The fraction of sp³-hybridized carbons (Fsp3) is 0.105. The molecule has 0 saturated carbocycles. The molecule has 0 fully saturated rings. The summed E-state index contributed by atoms with van der Waals surface area (Å²) >= 11 is 7.15. The summed E-state index contributed by atoms with van der Waals surface area (Å²) in [6, 6.07) is 16.8. The lowest BCUT2D eigenvalue weighted by Gasteiger charge is -2.07. The Kier molecular flexibility index (Phi) is 5.22. The Bertz CT molecular complexity index is 998. The van der Waals surface area contributed by atoms with E-state index in [4.69, 9.17) is 11.6 Å². The number of pyridine rings is 1. The van der Waals surface area contributed by atoms with Crippen LogP contribution < -0.4 is 5.32 Å². The van der Waals surface area contributed by atoms with Crippen molar-refractivity contribution in [3.05, 3.63) is 64.7 Å². The van der Waals surface area contributed by atoms with Crippen LogP contribution in [0.3, 0.4) is 0 Å². The van der Waals surface area contributed by atoms with Gasteiger partial charge in [0.2, 0.25) is 5.91 Å². The largest absolute Gasteiger partial charge is 0.325 e. The fourth-order valence-corrected chi connectivity index (χ4v) is 3.30. The molecule has 6 heteroatoms. The molecule has 0 saturated heterocycles. The van der Waals surface area contributed by atoms with Gasteiger partial charge in [-0.15, -0.1) is 0 Å². The lowest BCUT2D eigenvalue weighted by Crippen LogP contribution is -2.14. The second kappa shape index (κ2) is 7.56. The maximum absolute atomic E-state index is 12.1. The topological polar surface area (TPSA) is 65.8 Å². The second-order valence-corrected chi connectivity index (χ2v) is 6.90. The molecule has 0 atom stereocenters. The van der Waals surface area contributed by atoms with Gasteiger partial charge in [0, 0.05) is 16.1 Å². The first-order valence-corrected chi connectivity index (χ1v) is 8.91. The number of hydrogen-bond acceptors (Lipinski definition) is 4. The summed E-state index contributed by atoms with van der Waals surface area (Å²) in [5, 5.41) is 14.2. The number of amides is 1. The molecule has 2 aromatic carbocycles. The standard InChI is InChI=1S/C19H14ClN3OS/c1-12-5-6-13-8-14(10-21)19(23-17(13)7-12)25-11-18(24)22-16-4-2-3-15(20)9-16/h2-9H,11H2,1H3,(H,22,24). The maximum Gasteiger partial charge on any atom is 0.234 e. The normalized spacial score (nSPS) is 10.4. The van der Waals surface area contributed by atoms with Crippen LogP contribution in [-0.2, 0) is 4.79 Å². The van der Waals surface area contributed by atoms with Gasteiger partial charge in [-0.25, -0.2) is 4.98 Å². The van der Waals surface area contributed by atoms with Gasteiger partial charge in [0.25, 0.3) is 0 Å². The number of carbonyl (C=O) groups excluding carboxylic acids is 1. The molecule has 1 aromatic heterocycles. The maximum atomic E-state index is 12.1. The van der Waals surface area contributed by atoms with E-state index >= 15 is 0 Å². The monoisotopic (exact) mass is 367 g/mol. The van der Waals surface area contributed by atoms with Gasteiger partial charge in [-0.3, -0.25) is 4.79 Å². The Hall–Kier alpha value is -2.55. The van der Waals surface area contributed by atoms with Crippen LogP contribution in [0.4, 0.5) is 5.69 Å². The molecule has 1 amide bonds. The van der Waals surface area contributed by atoms with Crippen molar-refractivity contribution < 1.29 is 4.79 Å². The summed E-state index contributed by atoms with van der Waals surface area (Å²) in [5.74, 6) is -0.0202. The van der Waals surface area contributed by atoms with E-state index in [1.807, 2.05) is 25.1 Å². The molecule has 0 aliphatic heterocycles. The SMILES string of the molecule is Cc1ccc2cc(C#N)c(SCC(=O)Nc3cccc(Cl)c3)nc2c1. The highest BCUT2D eigenvalue weighted by atomic mass is 35.5. The molecule has 3 rings (SSSR count). The van der Waals surface area contributed by atoms with Crippen molar-refractivity contribution in [2.45, 2.75) is 11.9 Å². The summed E-state index contributed by atoms with van der Waals surface area (Å²) in [6.45, 7) is 1.99. The predicted molar refractivity (Wildman–Crippen MR) is 102 cm³/mol. The van der Waals surface area contributed by atoms with Crippen molar-refractivity contribution in [2.75, 3.05) is 11.1 Å². The third kappa shape index (κ3) is 4.30. The van der Waals surface area contributed by atoms with Crippen LogP contribution in [0, 0.1) is 18.3 Å². The molecule has 1 heterocycles.